The zero-order chi connectivity index (χ0) is 54.6. The SMILES string of the molecule is c1ccc(-c2cccc(-c3ccc(N(c4ccc(-c5cccc6c5-c5ccccc5C65c6ccccc6Oc6ccccc65)cc4)c4ccccc4-c4cccc5c4-c4ccccc4C54c5ccccc5Oc5ccccc54)cc3)c2)cc1. The highest BCUT2D eigenvalue weighted by molar-refractivity contribution is 6.02. The molecule has 0 radical (unpaired) electrons. The van der Waals surface area contributed by atoms with E-state index in [4.69, 9.17) is 9.47 Å². The van der Waals surface area contributed by atoms with Gasteiger partial charge in [-0.2, -0.15) is 0 Å². The standard InChI is InChI=1S/C80H51NO2/c1-2-21-52(22-3-1)55-23-18-24-56(51-55)53-43-47-57(48-44-53)81(58-49-45-54(46-50-58)59-28-19-36-70-77(59)62-26-4-7-30-64(62)79(70)66-32-9-14-39-73(66)82-74-40-15-10-33-67(74)79)72-38-13-6-25-60(72)61-29-20-37-71-78(61)63-27-5-8-31-65(63)80(71)68-34-11-16-41-75(68)83-76-42-17-12-35-69(76)80/h1-51H. The molecule has 83 heavy (non-hydrogen) atoms. The van der Waals surface area contributed by atoms with Crippen molar-refractivity contribution in [1.82, 2.24) is 0 Å². The second-order valence-electron chi connectivity index (χ2n) is 22.1. The van der Waals surface area contributed by atoms with Crippen molar-refractivity contribution in [1.29, 1.82) is 0 Å². The Hall–Kier alpha value is -10.7. The molecule has 17 rings (SSSR count). The summed E-state index contributed by atoms with van der Waals surface area (Å²) in [6, 6.07) is 113. The summed E-state index contributed by atoms with van der Waals surface area (Å²) < 4.78 is 13.4. The van der Waals surface area contributed by atoms with Crippen molar-refractivity contribution in [3.8, 4) is 89.8 Å². The molecular weight excluding hydrogens is 1010 g/mol. The summed E-state index contributed by atoms with van der Waals surface area (Å²) in [5.41, 5.74) is 26.0. The fraction of sp³-hybridized carbons (Fsp3) is 0.0250. The van der Waals surface area contributed by atoms with E-state index in [0.29, 0.717) is 0 Å². The third-order valence-corrected chi connectivity index (χ3v) is 18.0. The van der Waals surface area contributed by atoms with E-state index in [9.17, 15) is 0 Å². The van der Waals surface area contributed by atoms with Crippen LogP contribution in [0.2, 0.25) is 0 Å². The van der Waals surface area contributed by atoms with Crippen molar-refractivity contribution in [2.75, 3.05) is 4.90 Å². The zero-order valence-electron chi connectivity index (χ0n) is 45.2. The molecule has 2 heterocycles. The Morgan fingerprint density at radius 2 is 0.554 bits per heavy atom. The number of para-hydroxylation sites is 5. The number of hydrogen-bond donors (Lipinski definition) is 0. The lowest BCUT2D eigenvalue weighted by Crippen LogP contribution is -2.32. The van der Waals surface area contributed by atoms with Crippen LogP contribution in [0.5, 0.6) is 23.0 Å². The maximum atomic E-state index is 6.73. The first-order valence-electron chi connectivity index (χ1n) is 28.6. The van der Waals surface area contributed by atoms with Crippen LogP contribution >= 0.6 is 0 Å². The van der Waals surface area contributed by atoms with E-state index in [1.807, 2.05) is 0 Å². The minimum atomic E-state index is -0.596. The van der Waals surface area contributed by atoms with Crippen molar-refractivity contribution in [2.24, 2.45) is 0 Å². The molecule has 4 aliphatic rings. The zero-order valence-corrected chi connectivity index (χ0v) is 45.2. The molecule has 2 spiro atoms. The molecule has 3 heteroatoms. The number of rotatable bonds is 7. The third-order valence-electron chi connectivity index (χ3n) is 18.0. The van der Waals surface area contributed by atoms with Crippen molar-refractivity contribution in [2.45, 2.75) is 10.8 Å². The van der Waals surface area contributed by atoms with Crippen LogP contribution in [-0.4, -0.2) is 0 Å². The summed E-state index contributed by atoms with van der Waals surface area (Å²) in [4.78, 5) is 2.45. The highest BCUT2D eigenvalue weighted by Gasteiger charge is 2.53. The molecule has 0 saturated carbocycles. The number of nitrogens with zero attached hydrogens (tertiary/aromatic N) is 1. The molecule has 3 nitrogen and oxygen atoms in total. The molecule has 0 N–H and O–H groups in total. The van der Waals surface area contributed by atoms with Crippen LogP contribution in [0.4, 0.5) is 17.1 Å². The van der Waals surface area contributed by atoms with E-state index in [2.05, 4.69) is 314 Å². The Morgan fingerprint density at radius 1 is 0.217 bits per heavy atom. The molecule has 0 atom stereocenters. The molecule has 0 saturated heterocycles. The summed E-state index contributed by atoms with van der Waals surface area (Å²) in [6.07, 6.45) is 0. The van der Waals surface area contributed by atoms with Gasteiger partial charge in [0, 0.05) is 39.2 Å². The first kappa shape index (κ1) is 47.1. The molecule has 0 bridgehead atoms. The molecule has 0 fully saturated rings. The van der Waals surface area contributed by atoms with E-state index in [1.54, 1.807) is 0 Å². The number of benzene rings is 13. The molecule has 2 aliphatic heterocycles. The number of hydrogen-bond acceptors (Lipinski definition) is 3. The highest BCUT2D eigenvalue weighted by atomic mass is 16.5. The van der Waals surface area contributed by atoms with E-state index >= 15 is 0 Å². The summed E-state index contributed by atoms with van der Waals surface area (Å²) in [5.74, 6) is 3.54. The average molecular weight is 1060 g/mol. The van der Waals surface area contributed by atoms with Gasteiger partial charge in [0.1, 0.15) is 23.0 Å². The van der Waals surface area contributed by atoms with Gasteiger partial charge in [-0.25, -0.2) is 0 Å². The van der Waals surface area contributed by atoms with Crippen LogP contribution in [0.1, 0.15) is 44.5 Å². The van der Waals surface area contributed by atoms with Crippen LogP contribution < -0.4 is 14.4 Å². The van der Waals surface area contributed by atoms with Crippen molar-refractivity contribution in [3.63, 3.8) is 0 Å². The summed E-state index contributed by atoms with van der Waals surface area (Å²) >= 11 is 0. The molecule has 13 aromatic carbocycles. The van der Waals surface area contributed by atoms with E-state index < -0.39 is 10.8 Å². The van der Waals surface area contributed by atoms with Crippen LogP contribution in [-0.2, 0) is 10.8 Å². The minimum Gasteiger partial charge on any atom is -0.457 e. The first-order chi connectivity index (χ1) is 41.2. The first-order valence-corrected chi connectivity index (χ1v) is 28.6. The molecule has 0 amide bonds. The van der Waals surface area contributed by atoms with Gasteiger partial charge in [-0.3, -0.25) is 0 Å². The lowest BCUT2D eigenvalue weighted by molar-refractivity contribution is 0.436. The number of ether oxygens (including phenoxy) is 2. The second-order valence-corrected chi connectivity index (χ2v) is 22.1. The fourth-order valence-electron chi connectivity index (χ4n) is 14.7. The Morgan fingerprint density at radius 3 is 1.06 bits per heavy atom. The third kappa shape index (κ3) is 6.80. The van der Waals surface area contributed by atoms with E-state index in [0.717, 1.165) is 79.0 Å². The largest absolute Gasteiger partial charge is 0.457 e. The summed E-state index contributed by atoms with van der Waals surface area (Å²) in [6.45, 7) is 0. The van der Waals surface area contributed by atoms with E-state index in [1.165, 1.54) is 72.3 Å². The van der Waals surface area contributed by atoms with Crippen molar-refractivity contribution < 1.29 is 9.47 Å². The predicted molar refractivity (Wildman–Crippen MR) is 338 cm³/mol. The Labute approximate surface area is 483 Å². The predicted octanol–water partition coefficient (Wildman–Crippen LogP) is 20.8. The topological polar surface area (TPSA) is 21.7 Å². The Bertz CT molecular complexity index is 4660. The van der Waals surface area contributed by atoms with Gasteiger partial charge in [-0.1, -0.05) is 249 Å². The highest BCUT2D eigenvalue weighted by Crippen LogP contribution is 2.65. The smallest absolute Gasteiger partial charge is 0.132 e. The van der Waals surface area contributed by atoms with E-state index in [-0.39, 0.29) is 0 Å². The molecule has 0 unspecified atom stereocenters. The van der Waals surface area contributed by atoms with Crippen LogP contribution in [0.3, 0.4) is 0 Å². The normalized spacial score (nSPS) is 13.7. The molecular formula is C80H51NO2. The van der Waals surface area contributed by atoms with Gasteiger partial charge in [-0.15, -0.1) is 0 Å². The van der Waals surface area contributed by atoms with Gasteiger partial charge >= 0.3 is 0 Å². The maximum absolute atomic E-state index is 6.73. The molecule has 2 aliphatic carbocycles. The van der Waals surface area contributed by atoms with Crippen LogP contribution in [0, 0.1) is 0 Å². The van der Waals surface area contributed by atoms with Gasteiger partial charge < -0.3 is 14.4 Å². The van der Waals surface area contributed by atoms with Crippen LogP contribution in [0.25, 0.3) is 66.8 Å². The van der Waals surface area contributed by atoms with Crippen LogP contribution in [0.15, 0.2) is 309 Å². The summed E-state index contributed by atoms with van der Waals surface area (Å²) in [5, 5.41) is 0. The fourth-order valence-corrected chi connectivity index (χ4v) is 14.7. The van der Waals surface area contributed by atoms with Gasteiger partial charge in [-0.05, 0) is 144 Å². The lowest BCUT2D eigenvalue weighted by Gasteiger charge is -2.39. The monoisotopic (exact) mass is 1060 g/mol. The van der Waals surface area contributed by atoms with Gasteiger partial charge in [0.15, 0.2) is 0 Å². The van der Waals surface area contributed by atoms with Crippen molar-refractivity contribution in [3.05, 3.63) is 354 Å². The average Bonchev–Trinajstić information content (AvgIpc) is 1.71. The van der Waals surface area contributed by atoms with Gasteiger partial charge in [0.2, 0.25) is 0 Å². The Balaban J connectivity index is 0.845. The summed E-state index contributed by atoms with van der Waals surface area (Å²) in [7, 11) is 0. The quantitative estimate of drug-likeness (QED) is 0.159. The lowest BCUT2D eigenvalue weighted by atomic mass is 9.66. The second kappa shape index (κ2) is 18.4. The molecule has 388 valence electrons. The molecule has 0 aromatic heterocycles. The number of fused-ring (bicyclic) bond motifs is 18. The van der Waals surface area contributed by atoms with Crippen molar-refractivity contribution >= 4 is 17.1 Å². The number of anilines is 3. The van der Waals surface area contributed by atoms with Gasteiger partial charge in [0.05, 0.1) is 16.5 Å². The van der Waals surface area contributed by atoms with Gasteiger partial charge in [0.25, 0.3) is 0 Å². The minimum absolute atomic E-state index is 0.557. The Kier molecular flexibility index (Phi) is 10.4. The maximum Gasteiger partial charge on any atom is 0.132 e. The molecule has 13 aromatic rings.